The minimum atomic E-state index is 0.354. The normalized spacial score (nSPS) is 11.9. The summed E-state index contributed by atoms with van der Waals surface area (Å²) in [6.45, 7) is 4.29. The van der Waals surface area contributed by atoms with E-state index in [1.54, 1.807) is 0 Å². The van der Waals surface area contributed by atoms with Gasteiger partial charge in [0.05, 0.1) is 11.0 Å². The van der Waals surface area contributed by atoms with Gasteiger partial charge >= 0.3 is 0 Å². The van der Waals surface area contributed by atoms with Gasteiger partial charge in [-0.1, -0.05) is 12.1 Å². The number of hydrogen-bond donors (Lipinski definition) is 1. The molecule has 2 aromatic heterocycles. The predicted molar refractivity (Wildman–Crippen MR) is 66.3 cm³/mol. The van der Waals surface area contributed by atoms with E-state index < -0.39 is 0 Å². The second-order valence-corrected chi connectivity index (χ2v) is 4.50. The van der Waals surface area contributed by atoms with Crippen molar-refractivity contribution in [2.75, 3.05) is 0 Å². The van der Waals surface area contributed by atoms with Crippen LogP contribution in [0.3, 0.4) is 0 Å². The fourth-order valence-electron chi connectivity index (χ4n) is 2.14. The van der Waals surface area contributed by atoms with Crippen molar-refractivity contribution >= 4 is 29.0 Å². The van der Waals surface area contributed by atoms with E-state index in [1.165, 1.54) is 5.52 Å². The Kier molecular flexibility index (Phi) is 1.91. The summed E-state index contributed by atoms with van der Waals surface area (Å²) in [7, 11) is 0. The van der Waals surface area contributed by atoms with Gasteiger partial charge in [0, 0.05) is 6.04 Å². The summed E-state index contributed by atoms with van der Waals surface area (Å²) >= 11 is 5.25. The van der Waals surface area contributed by atoms with Crippen molar-refractivity contribution < 1.29 is 0 Å². The number of nitrogens with one attached hydrogen (secondary N) is 1. The standard InChI is InChI=1S/C11H12N4S/c1-7(2)14-8-5-3-4-6-9(8)15-10(14)12-13-11(15)16/h3-7H,1-2H3,(H,13,16). The van der Waals surface area contributed by atoms with Crippen molar-refractivity contribution in [1.29, 1.82) is 0 Å². The van der Waals surface area contributed by atoms with Crippen LogP contribution in [0.25, 0.3) is 16.8 Å². The molecule has 2 heterocycles. The molecule has 1 N–H and O–H groups in total. The Morgan fingerprint density at radius 2 is 1.94 bits per heavy atom. The molecule has 3 aromatic rings. The van der Waals surface area contributed by atoms with Crippen LogP contribution in [-0.4, -0.2) is 19.2 Å². The quantitative estimate of drug-likeness (QED) is 0.655. The third-order valence-electron chi connectivity index (χ3n) is 2.77. The Balaban J connectivity index is 2.65. The van der Waals surface area contributed by atoms with Crippen molar-refractivity contribution in [1.82, 2.24) is 19.2 Å². The van der Waals surface area contributed by atoms with Gasteiger partial charge in [0.2, 0.25) is 10.5 Å². The number of hydrogen-bond acceptors (Lipinski definition) is 2. The number of rotatable bonds is 1. The van der Waals surface area contributed by atoms with E-state index in [4.69, 9.17) is 12.2 Å². The van der Waals surface area contributed by atoms with Gasteiger partial charge in [0.25, 0.3) is 0 Å². The Morgan fingerprint density at radius 3 is 2.62 bits per heavy atom. The number of benzene rings is 1. The molecule has 82 valence electrons. The molecule has 0 spiro atoms. The number of fused-ring (bicyclic) bond motifs is 3. The molecule has 0 aliphatic heterocycles. The molecule has 5 heteroatoms. The van der Waals surface area contributed by atoms with Crippen LogP contribution in [0.4, 0.5) is 0 Å². The molecule has 0 atom stereocenters. The largest absolute Gasteiger partial charge is 0.306 e. The summed E-state index contributed by atoms with van der Waals surface area (Å²) in [5.41, 5.74) is 2.27. The molecular weight excluding hydrogens is 220 g/mol. The van der Waals surface area contributed by atoms with Gasteiger partial charge in [-0.15, -0.1) is 5.10 Å². The highest BCUT2D eigenvalue weighted by atomic mass is 32.1. The SMILES string of the molecule is CC(C)n1c2ccccc2n2c(=S)[nH]nc12. The zero-order chi connectivity index (χ0) is 11.3. The van der Waals surface area contributed by atoms with Crippen LogP contribution in [0.15, 0.2) is 24.3 Å². The number of para-hydroxylation sites is 2. The monoisotopic (exact) mass is 232 g/mol. The van der Waals surface area contributed by atoms with Gasteiger partial charge in [-0.2, -0.15) is 0 Å². The number of nitrogens with zero attached hydrogens (tertiary/aromatic N) is 3. The molecule has 4 nitrogen and oxygen atoms in total. The van der Waals surface area contributed by atoms with Crippen molar-refractivity contribution in [2.24, 2.45) is 0 Å². The summed E-state index contributed by atoms with van der Waals surface area (Å²) in [5.74, 6) is 0.876. The molecule has 0 aliphatic rings. The highest BCUT2D eigenvalue weighted by molar-refractivity contribution is 7.71. The first-order valence-electron chi connectivity index (χ1n) is 5.26. The molecule has 0 unspecified atom stereocenters. The first-order valence-corrected chi connectivity index (χ1v) is 5.67. The maximum Gasteiger partial charge on any atom is 0.235 e. The lowest BCUT2D eigenvalue weighted by atomic mass is 10.3. The summed E-state index contributed by atoms with van der Waals surface area (Å²) in [6.07, 6.45) is 0. The molecule has 3 rings (SSSR count). The fourth-order valence-corrected chi connectivity index (χ4v) is 2.37. The van der Waals surface area contributed by atoms with E-state index in [0.717, 1.165) is 11.3 Å². The molecular formula is C11H12N4S. The number of aromatic nitrogens is 4. The van der Waals surface area contributed by atoms with Gasteiger partial charge in [0.15, 0.2) is 0 Å². The smallest absolute Gasteiger partial charge is 0.235 e. The second-order valence-electron chi connectivity index (χ2n) is 4.12. The Morgan fingerprint density at radius 1 is 1.25 bits per heavy atom. The summed E-state index contributed by atoms with van der Waals surface area (Å²) < 4.78 is 4.80. The van der Waals surface area contributed by atoms with Gasteiger partial charge in [-0.25, -0.2) is 5.10 Å². The maximum absolute atomic E-state index is 5.25. The lowest BCUT2D eigenvalue weighted by Crippen LogP contribution is -2.00. The number of aromatic amines is 1. The minimum absolute atomic E-state index is 0.354. The second kappa shape index (κ2) is 3.18. The average Bonchev–Trinajstić information content (AvgIpc) is 2.76. The highest BCUT2D eigenvalue weighted by Crippen LogP contribution is 2.23. The summed E-state index contributed by atoms with van der Waals surface area (Å²) in [6, 6.07) is 8.56. The highest BCUT2D eigenvalue weighted by Gasteiger charge is 2.14. The van der Waals surface area contributed by atoms with Gasteiger partial charge in [-0.05, 0) is 38.2 Å². The summed E-state index contributed by atoms with van der Waals surface area (Å²) in [4.78, 5) is 0. The Bertz CT molecular complexity index is 716. The van der Waals surface area contributed by atoms with E-state index in [9.17, 15) is 0 Å². The van der Waals surface area contributed by atoms with Crippen molar-refractivity contribution in [3.8, 4) is 0 Å². The third kappa shape index (κ3) is 1.09. The van der Waals surface area contributed by atoms with Crippen molar-refractivity contribution in [3.05, 3.63) is 29.0 Å². The van der Waals surface area contributed by atoms with E-state index in [-0.39, 0.29) is 0 Å². The van der Waals surface area contributed by atoms with Gasteiger partial charge < -0.3 is 4.57 Å². The van der Waals surface area contributed by atoms with Crippen molar-refractivity contribution in [3.63, 3.8) is 0 Å². The topological polar surface area (TPSA) is 38.0 Å². The molecule has 0 amide bonds. The van der Waals surface area contributed by atoms with Crippen LogP contribution in [-0.2, 0) is 0 Å². The first kappa shape index (κ1) is 9.59. The van der Waals surface area contributed by atoms with Gasteiger partial charge in [-0.3, -0.25) is 4.40 Å². The minimum Gasteiger partial charge on any atom is -0.306 e. The number of imidazole rings is 1. The first-order chi connectivity index (χ1) is 7.70. The maximum atomic E-state index is 5.25. The lowest BCUT2D eigenvalue weighted by molar-refractivity contribution is 0.631. The van der Waals surface area contributed by atoms with E-state index in [1.807, 2.05) is 16.5 Å². The Hall–Kier alpha value is -1.62. The van der Waals surface area contributed by atoms with Crippen LogP contribution in [0.2, 0.25) is 0 Å². The van der Waals surface area contributed by atoms with Crippen molar-refractivity contribution in [2.45, 2.75) is 19.9 Å². The van der Waals surface area contributed by atoms with Crippen LogP contribution >= 0.6 is 12.2 Å². The zero-order valence-electron chi connectivity index (χ0n) is 9.14. The van der Waals surface area contributed by atoms with Crippen LogP contribution in [0, 0.1) is 4.77 Å². The van der Waals surface area contributed by atoms with Crippen LogP contribution < -0.4 is 0 Å². The molecule has 0 aliphatic carbocycles. The Labute approximate surface area is 97.5 Å². The molecule has 0 fully saturated rings. The van der Waals surface area contributed by atoms with E-state index in [2.05, 4.69) is 40.7 Å². The van der Waals surface area contributed by atoms with E-state index in [0.29, 0.717) is 10.8 Å². The molecule has 1 aromatic carbocycles. The summed E-state index contributed by atoms with van der Waals surface area (Å²) in [5, 5.41) is 7.12. The molecule has 0 saturated heterocycles. The van der Waals surface area contributed by atoms with E-state index >= 15 is 0 Å². The average molecular weight is 232 g/mol. The van der Waals surface area contributed by atoms with Crippen LogP contribution in [0.1, 0.15) is 19.9 Å². The zero-order valence-corrected chi connectivity index (χ0v) is 9.95. The fraction of sp³-hybridized carbons (Fsp3) is 0.273. The number of H-pyrrole nitrogens is 1. The molecule has 16 heavy (non-hydrogen) atoms. The molecule has 0 saturated carbocycles. The lowest BCUT2D eigenvalue weighted by Gasteiger charge is -2.07. The third-order valence-corrected chi connectivity index (χ3v) is 3.04. The van der Waals surface area contributed by atoms with Crippen LogP contribution in [0.5, 0.6) is 0 Å². The molecule has 0 radical (unpaired) electrons. The predicted octanol–water partition coefficient (Wildman–Crippen LogP) is 2.93. The molecule has 0 bridgehead atoms. The van der Waals surface area contributed by atoms with Gasteiger partial charge in [0.1, 0.15) is 0 Å².